The van der Waals surface area contributed by atoms with Gasteiger partial charge < -0.3 is 0 Å². The van der Waals surface area contributed by atoms with Crippen molar-refractivity contribution < 1.29 is 9.72 Å². The summed E-state index contributed by atoms with van der Waals surface area (Å²) in [4.78, 5) is 24.0. The predicted octanol–water partition coefficient (Wildman–Crippen LogP) is 2.87. The lowest BCUT2D eigenvalue weighted by atomic mass is 9.62. The van der Waals surface area contributed by atoms with Crippen molar-refractivity contribution in [3.05, 3.63) is 58.2 Å². The molecular weight excluding hydrogens is 242 g/mol. The fourth-order valence-corrected chi connectivity index (χ4v) is 3.39. The van der Waals surface area contributed by atoms with E-state index < -0.39 is 5.54 Å². The fraction of sp³-hybridized carbons (Fsp3) is 0.400. The number of fused-ring (bicyclic) bond motifs is 2. The molecule has 19 heavy (non-hydrogen) atoms. The van der Waals surface area contributed by atoms with Crippen LogP contribution in [0.4, 0.5) is 0 Å². The Hall–Kier alpha value is -1.97. The highest BCUT2D eigenvalue weighted by atomic mass is 16.6. The Morgan fingerprint density at radius 2 is 1.95 bits per heavy atom. The second-order valence-corrected chi connectivity index (χ2v) is 5.41. The minimum Gasteiger partial charge on any atom is -0.286 e. The summed E-state index contributed by atoms with van der Waals surface area (Å²) in [6, 6.07) is 8.64. The Balaban J connectivity index is 2.06. The predicted molar refractivity (Wildman–Crippen MR) is 70.5 cm³/mol. The maximum Gasteiger partial charge on any atom is 0.290 e. The molecule has 0 saturated heterocycles. The molecule has 0 aromatic heterocycles. The quantitative estimate of drug-likeness (QED) is 0.362. The van der Waals surface area contributed by atoms with Gasteiger partial charge in [-0.25, -0.2) is 0 Å². The first-order valence-corrected chi connectivity index (χ1v) is 6.57. The largest absolute Gasteiger partial charge is 0.290 e. The lowest BCUT2D eigenvalue weighted by Gasteiger charge is -2.40. The molecule has 2 bridgehead atoms. The van der Waals surface area contributed by atoms with E-state index in [4.69, 9.17) is 0 Å². The summed E-state index contributed by atoms with van der Waals surface area (Å²) < 4.78 is 0. The summed E-state index contributed by atoms with van der Waals surface area (Å²) in [6.07, 6.45) is 5.95. The molecule has 0 aliphatic heterocycles. The van der Waals surface area contributed by atoms with Crippen LogP contribution in [0.5, 0.6) is 0 Å². The number of carbonyl (C=O) groups is 1. The van der Waals surface area contributed by atoms with Crippen LogP contribution in [0, 0.1) is 22.0 Å². The molecule has 1 fully saturated rings. The second kappa shape index (κ2) is 4.30. The van der Waals surface area contributed by atoms with E-state index in [1.165, 1.54) is 0 Å². The highest BCUT2D eigenvalue weighted by Gasteiger charge is 2.60. The minimum atomic E-state index is -1.45. The Labute approximate surface area is 111 Å². The lowest BCUT2D eigenvalue weighted by Crippen LogP contribution is -2.56. The second-order valence-electron chi connectivity index (χ2n) is 5.41. The van der Waals surface area contributed by atoms with Gasteiger partial charge >= 0.3 is 0 Å². The molecule has 1 aromatic carbocycles. The van der Waals surface area contributed by atoms with E-state index in [0.717, 1.165) is 12.8 Å². The van der Waals surface area contributed by atoms with Crippen LogP contribution in [0.1, 0.15) is 29.6 Å². The SMILES string of the molecule is O=C(c1ccccc1)[C@]1([N+](=O)[O-])C[C@@H]2C=C[C@H]1CC2. The molecule has 0 unspecified atom stereocenters. The number of hydrogen-bond acceptors (Lipinski definition) is 3. The smallest absolute Gasteiger partial charge is 0.286 e. The van der Waals surface area contributed by atoms with Gasteiger partial charge in [0.25, 0.3) is 5.54 Å². The van der Waals surface area contributed by atoms with E-state index in [2.05, 4.69) is 0 Å². The van der Waals surface area contributed by atoms with Crippen molar-refractivity contribution in [1.29, 1.82) is 0 Å². The van der Waals surface area contributed by atoms with E-state index in [9.17, 15) is 14.9 Å². The van der Waals surface area contributed by atoms with E-state index in [1.54, 1.807) is 24.3 Å². The van der Waals surface area contributed by atoms with Gasteiger partial charge in [-0.3, -0.25) is 14.9 Å². The van der Waals surface area contributed by atoms with Crippen molar-refractivity contribution in [2.24, 2.45) is 11.8 Å². The molecule has 3 aliphatic rings. The molecular formula is C15H15NO3. The first-order chi connectivity index (χ1) is 9.14. The Bertz CT molecular complexity index is 552. The van der Waals surface area contributed by atoms with Crippen molar-refractivity contribution >= 4 is 5.78 Å². The standard InChI is InChI=1S/C15H15NO3/c17-14(12-4-2-1-3-5-12)15(16(18)19)10-11-6-8-13(15)9-7-11/h1-6,8,11,13H,7,9-10H2/t11-,13+,15+/m1/s1. The minimum absolute atomic E-state index is 0.170. The molecule has 3 atom stereocenters. The van der Waals surface area contributed by atoms with Crippen molar-refractivity contribution in [3.63, 3.8) is 0 Å². The average Bonchev–Trinajstić information content (AvgIpc) is 2.48. The summed E-state index contributed by atoms with van der Waals surface area (Å²) in [5, 5.41) is 11.6. The van der Waals surface area contributed by atoms with E-state index in [1.807, 2.05) is 18.2 Å². The molecule has 3 aliphatic carbocycles. The van der Waals surface area contributed by atoms with Crippen molar-refractivity contribution in [2.75, 3.05) is 0 Å². The van der Waals surface area contributed by atoms with Crippen LogP contribution in [0.2, 0.25) is 0 Å². The Morgan fingerprint density at radius 3 is 2.42 bits per heavy atom. The van der Waals surface area contributed by atoms with Crippen molar-refractivity contribution in [3.8, 4) is 0 Å². The summed E-state index contributed by atoms with van der Waals surface area (Å²) in [5.41, 5.74) is -1.00. The number of hydrogen-bond donors (Lipinski definition) is 0. The summed E-state index contributed by atoms with van der Waals surface area (Å²) in [7, 11) is 0. The van der Waals surface area contributed by atoms with E-state index in [-0.39, 0.29) is 22.5 Å². The number of benzene rings is 1. The summed E-state index contributed by atoms with van der Waals surface area (Å²) in [6.45, 7) is 0. The normalized spacial score (nSPS) is 32.2. The summed E-state index contributed by atoms with van der Waals surface area (Å²) in [5.74, 6) is -0.430. The first-order valence-electron chi connectivity index (χ1n) is 6.57. The van der Waals surface area contributed by atoms with Gasteiger partial charge in [0.2, 0.25) is 5.78 Å². The van der Waals surface area contributed by atoms with Crippen LogP contribution in [0.15, 0.2) is 42.5 Å². The fourth-order valence-electron chi connectivity index (χ4n) is 3.39. The third-order valence-electron chi connectivity index (χ3n) is 4.41. The molecule has 0 radical (unpaired) electrons. The number of rotatable bonds is 3. The van der Waals surface area contributed by atoms with Gasteiger partial charge in [-0.2, -0.15) is 0 Å². The Morgan fingerprint density at radius 1 is 1.21 bits per heavy atom. The molecule has 0 heterocycles. The molecule has 4 heteroatoms. The zero-order valence-electron chi connectivity index (χ0n) is 10.5. The van der Waals surface area contributed by atoms with Crippen LogP contribution in [0.3, 0.4) is 0 Å². The number of allylic oxidation sites excluding steroid dienone is 1. The van der Waals surface area contributed by atoms with Crippen molar-refractivity contribution in [1.82, 2.24) is 0 Å². The molecule has 0 N–H and O–H groups in total. The van der Waals surface area contributed by atoms with Crippen LogP contribution >= 0.6 is 0 Å². The molecule has 98 valence electrons. The van der Waals surface area contributed by atoms with E-state index >= 15 is 0 Å². The van der Waals surface area contributed by atoms with Gasteiger partial charge in [-0.15, -0.1) is 0 Å². The van der Waals surface area contributed by atoms with Crippen LogP contribution in [0.25, 0.3) is 0 Å². The van der Waals surface area contributed by atoms with Gasteiger partial charge in [0.15, 0.2) is 0 Å². The zero-order chi connectivity index (χ0) is 13.5. The highest BCUT2D eigenvalue weighted by molar-refractivity contribution is 6.03. The molecule has 0 spiro atoms. The molecule has 1 aromatic rings. The van der Waals surface area contributed by atoms with Gasteiger partial charge in [-0.05, 0) is 18.8 Å². The molecule has 1 saturated carbocycles. The number of nitrogens with zero attached hydrogens (tertiary/aromatic N) is 1. The lowest BCUT2D eigenvalue weighted by molar-refractivity contribution is -0.563. The maximum atomic E-state index is 12.7. The number of nitro groups is 1. The van der Waals surface area contributed by atoms with Gasteiger partial charge in [0.1, 0.15) is 0 Å². The van der Waals surface area contributed by atoms with Gasteiger partial charge in [0, 0.05) is 16.9 Å². The summed E-state index contributed by atoms with van der Waals surface area (Å²) >= 11 is 0. The van der Waals surface area contributed by atoms with Crippen LogP contribution in [-0.4, -0.2) is 16.2 Å². The molecule has 4 nitrogen and oxygen atoms in total. The van der Waals surface area contributed by atoms with Crippen LogP contribution < -0.4 is 0 Å². The number of carbonyl (C=O) groups excluding carboxylic acids is 1. The topological polar surface area (TPSA) is 60.2 Å². The van der Waals surface area contributed by atoms with Crippen molar-refractivity contribution in [2.45, 2.75) is 24.8 Å². The zero-order valence-corrected chi connectivity index (χ0v) is 10.5. The monoisotopic (exact) mass is 257 g/mol. The Kier molecular flexibility index (Phi) is 2.73. The maximum absolute atomic E-state index is 12.7. The first kappa shape index (κ1) is 12.1. The average molecular weight is 257 g/mol. The molecule has 0 amide bonds. The third-order valence-corrected chi connectivity index (χ3v) is 4.41. The van der Waals surface area contributed by atoms with Gasteiger partial charge in [0.05, 0.1) is 5.92 Å². The highest BCUT2D eigenvalue weighted by Crippen LogP contribution is 2.46. The number of ketones is 1. The van der Waals surface area contributed by atoms with Gasteiger partial charge in [-0.1, -0.05) is 42.5 Å². The van der Waals surface area contributed by atoms with E-state index in [0.29, 0.717) is 12.0 Å². The third kappa shape index (κ3) is 1.70. The van der Waals surface area contributed by atoms with Crippen LogP contribution in [-0.2, 0) is 0 Å². The number of Topliss-reactive ketones (excluding diaryl/α,β-unsaturated/α-hetero) is 1. The molecule has 4 rings (SSSR count).